The number of benzene rings is 1. The SMILES string of the molecule is Cc1cc(Br)cc(C(NN)C2=CCCCO2)c1. The molecule has 3 N–H and O–H groups in total. The predicted molar refractivity (Wildman–Crippen MR) is 72.2 cm³/mol. The Balaban J connectivity index is 2.31. The molecule has 0 aromatic heterocycles. The van der Waals surface area contributed by atoms with Gasteiger partial charge in [-0.05, 0) is 49.1 Å². The maximum Gasteiger partial charge on any atom is 0.115 e. The molecule has 0 fully saturated rings. The first-order valence-corrected chi connectivity index (χ1v) is 6.56. The summed E-state index contributed by atoms with van der Waals surface area (Å²) in [5.41, 5.74) is 5.15. The van der Waals surface area contributed by atoms with Crippen molar-refractivity contribution < 1.29 is 4.74 Å². The molecule has 0 saturated heterocycles. The molecule has 0 bridgehead atoms. The molecule has 0 amide bonds. The molecule has 4 heteroatoms. The predicted octanol–water partition coefficient (Wildman–Crippen LogP) is 2.96. The van der Waals surface area contributed by atoms with Gasteiger partial charge in [0.15, 0.2) is 0 Å². The monoisotopic (exact) mass is 296 g/mol. The first-order valence-electron chi connectivity index (χ1n) is 5.77. The summed E-state index contributed by atoms with van der Waals surface area (Å²) in [6, 6.07) is 6.20. The number of nitrogens with two attached hydrogens (primary N) is 1. The summed E-state index contributed by atoms with van der Waals surface area (Å²) in [5, 5.41) is 0. The van der Waals surface area contributed by atoms with E-state index in [1.807, 2.05) is 0 Å². The van der Waals surface area contributed by atoms with E-state index in [1.165, 1.54) is 5.56 Å². The standard InChI is InChI=1S/C13H17BrN2O/c1-9-6-10(8-11(14)7-9)13(16-15)12-4-2-3-5-17-12/h4,6-8,13,16H,2-3,5,15H2,1H3. The molecule has 0 spiro atoms. The molecule has 1 aromatic carbocycles. The highest BCUT2D eigenvalue weighted by atomic mass is 79.9. The van der Waals surface area contributed by atoms with Gasteiger partial charge in [-0.3, -0.25) is 5.84 Å². The van der Waals surface area contributed by atoms with Gasteiger partial charge in [0.1, 0.15) is 11.8 Å². The van der Waals surface area contributed by atoms with E-state index in [0.29, 0.717) is 0 Å². The van der Waals surface area contributed by atoms with Gasteiger partial charge in [0.2, 0.25) is 0 Å². The summed E-state index contributed by atoms with van der Waals surface area (Å²) in [6.45, 7) is 2.84. The molecule has 0 radical (unpaired) electrons. The summed E-state index contributed by atoms with van der Waals surface area (Å²) < 4.78 is 6.73. The van der Waals surface area contributed by atoms with Crippen molar-refractivity contribution in [2.45, 2.75) is 25.8 Å². The van der Waals surface area contributed by atoms with Gasteiger partial charge in [-0.15, -0.1) is 0 Å². The lowest BCUT2D eigenvalue weighted by atomic mass is 10.0. The third-order valence-corrected chi connectivity index (χ3v) is 3.27. The summed E-state index contributed by atoms with van der Waals surface area (Å²) in [5.74, 6) is 6.58. The highest BCUT2D eigenvalue weighted by Gasteiger charge is 2.19. The van der Waals surface area contributed by atoms with E-state index >= 15 is 0 Å². The minimum Gasteiger partial charge on any atom is -0.496 e. The lowest BCUT2D eigenvalue weighted by Crippen LogP contribution is -2.31. The average molecular weight is 297 g/mol. The van der Waals surface area contributed by atoms with Crippen molar-refractivity contribution in [2.75, 3.05) is 6.61 Å². The maximum atomic E-state index is 5.67. The van der Waals surface area contributed by atoms with Gasteiger partial charge in [0.05, 0.1) is 6.61 Å². The fraction of sp³-hybridized carbons (Fsp3) is 0.385. The van der Waals surface area contributed by atoms with Crippen LogP contribution >= 0.6 is 15.9 Å². The summed E-state index contributed by atoms with van der Waals surface area (Å²) in [7, 11) is 0. The van der Waals surface area contributed by atoms with Gasteiger partial charge in [-0.25, -0.2) is 5.43 Å². The fourth-order valence-corrected chi connectivity index (χ4v) is 2.68. The van der Waals surface area contributed by atoms with Gasteiger partial charge in [0, 0.05) is 4.47 Å². The van der Waals surface area contributed by atoms with Gasteiger partial charge in [0.25, 0.3) is 0 Å². The zero-order chi connectivity index (χ0) is 12.3. The number of hydrogen-bond acceptors (Lipinski definition) is 3. The van der Waals surface area contributed by atoms with Crippen LogP contribution in [0.5, 0.6) is 0 Å². The molecule has 17 heavy (non-hydrogen) atoms. The minimum absolute atomic E-state index is 0.0634. The Hall–Kier alpha value is -0.840. The van der Waals surface area contributed by atoms with Crippen molar-refractivity contribution in [3.8, 4) is 0 Å². The molecule has 0 aliphatic carbocycles. The van der Waals surface area contributed by atoms with Crippen LogP contribution < -0.4 is 11.3 Å². The van der Waals surface area contributed by atoms with Crippen LogP contribution in [0, 0.1) is 6.92 Å². The van der Waals surface area contributed by atoms with Crippen LogP contribution in [0.2, 0.25) is 0 Å². The fourth-order valence-electron chi connectivity index (χ4n) is 2.05. The lowest BCUT2D eigenvalue weighted by Gasteiger charge is -2.24. The highest BCUT2D eigenvalue weighted by molar-refractivity contribution is 9.10. The number of rotatable bonds is 3. The van der Waals surface area contributed by atoms with E-state index in [9.17, 15) is 0 Å². The second-order valence-electron chi connectivity index (χ2n) is 4.26. The summed E-state index contributed by atoms with van der Waals surface area (Å²) >= 11 is 3.51. The molecule has 3 nitrogen and oxygen atoms in total. The maximum absolute atomic E-state index is 5.67. The largest absolute Gasteiger partial charge is 0.496 e. The number of allylic oxidation sites excluding steroid dienone is 1. The Kier molecular flexibility index (Phi) is 4.20. The number of hydrogen-bond donors (Lipinski definition) is 2. The molecular weight excluding hydrogens is 280 g/mol. The molecule has 1 heterocycles. The number of aryl methyl sites for hydroxylation is 1. The molecule has 1 unspecified atom stereocenters. The number of hydrazine groups is 1. The van der Waals surface area contributed by atoms with Crippen molar-refractivity contribution in [1.82, 2.24) is 5.43 Å². The normalized spacial score (nSPS) is 17.2. The van der Waals surface area contributed by atoms with E-state index in [-0.39, 0.29) is 6.04 Å². The van der Waals surface area contributed by atoms with Crippen LogP contribution in [0.4, 0.5) is 0 Å². The van der Waals surface area contributed by atoms with Crippen molar-refractivity contribution in [3.05, 3.63) is 45.6 Å². The van der Waals surface area contributed by atoms with E-state index in [4.69, 9.17) is 10.6 Å². The Morgan fingerprint density at radius 2 is 2.24 bits per heavy atom. The van der Waals surface area contributed by atoms with Crippen molar-refractivity contribution in [1.29, 1.82) is 0 Å². The summed E-state index contributed by atoms with van der Waals surface area (Å²) in [6.07, 6.45) is 4.25. The van der Waals surface area contributed by atoms with Crippen LogP contribution in [-0.4, -0.2) is 6.61 Å². The third-order valence-electron chi connectivity index (χ3n) is 2.81. The first kappa shape index (κ1) is 12.6. The number of halogens is 1. The average Bonchev–Trinajstić information content (AvgIpc) is 2.30. The van der Waals surface area contributed by atoms with Gasteiger partial charge in [-0.2, -0.15) is 0 Å². The van der Waals surface area contributed by atoms with E-state index in [0.717, 1.165) is 35.2 Å². The molecule has 92 valence electrons. The molecule has 0 saturated carbocycles. The quantitative estimate of drug-likeness (QED) is 0.666. The van der Waals surface area contributed by atoms with Crippen LogP contribution in [0.3, 0.4) is 0 Å². The topological polar surface area (TPSA) is 47.3 Å². The first-order chi connectivity index (χ1) is 8.20. The van der Waals surface area contributed by atoms with E-state index in [2.05, 4.69) is 52.6 Å². The second-order valence-corrected chi connectivity index (χ2v) is 5.17. The Morgan fingerprint density at radius 1 is 1.41 bits per heavy atom. The van der Waals surface area contributed by atoms with Crippen LogP contribution in [-0.2, 0) is 4.74 Å². The molecular formula is C13H17BrN2O. The van der Waals surface area contributed by atoms with Crippen molar-refractivity contribution in [2.24, 2.45) is 5.84 Å². The number of nitrogens with one attached hydrogen (secondary N) is 1. The third kappa shape index (κ3) is 3.09. The minimum atomic E-state index is -0.0634. The van der Waals surface area contributed by atoms with Crippen LogP contribution in [0.1, 0.15) is 30.0 Å². The lowest BCUT2D eigenvalue weighted by molar-refractivity contribution is 0.168. The van der Waals surface area contributed by atoms with Gasteiger partial charge >= 0.3 is 0 Å². The Morgan fingerprint density at radius 3 is 2.82 bits per heavy atom. The van der Waals surface area contributed by atoms with E-state index in [1.54, 1.807) is 0 Å². The molecule has 1 aromatic rings. The Bertz CT molecular complexity index is 411. The smallest absolute Gasteiger partial charge is 0.115 e. The van der Waals surface area contributed by atoms with Gasteiger partial charge < -0.3 is 4.74 Å². The zero-order valence-corrected chi connectivity index (χ0v) is 11.5. The molecule has 1 aliphatic heterocycles. The number of ether oxygens (including phenoxy) is 1. The highest BCUT2D eigenvalue weighted by Crippen LogP contribution is 2.28. The van der Waals surface area contributed by atoms with Crippen molar-refractivity contribution in [3.63, 3.8) is 0 Å². The zero-order valence-electron chi connectivity index (χ0n) is 9.87. The second kappa shape index (κ2) is 5.67. The van der Waals surface area contributed by atoms with Crippen molar-refractivity contribution >= 4 is 15.9 Å². The Labute approximate surface area is 110 Å². The van der Waals surface area contributed by atoms with Crippen LogP contribution in [0.25, 0.3) is 0 Å². The van der Waals surface area contributed by atoms with Crippen LogP contribution in [0.15, 0.2) is 34.5 Å². The molecule has 2 rings (SSSR count). The van der Waals surface area contributed by atoms with Gasteiger partial charge in [-0.1, -0.05) is 22.0 Å². The van der Waals surface area contributed by atoms with E-state index < -0.39 is 0 Å². The summed E-state index contributed by atoms with van der Waals surface area (Å²) in [4.78, 5) is 0. The molecule has 1 aliphatic rings. The molecule has 1 atom stereocenters.